The summed E-state index contributed by atoms with van der Waals surface area (Å²) in [6.45, 7) is 0.402. The number of ether oxygens (including phenoxy) is 1. The van der Waals surface area contributed by atoms with Crippen LogP contribution in [-0.2, 0) is 9.53 Å². The van der Waals surface area contributed by atoms with Crippen LogP contribution in [0.2, 0.25) is 0 Å². The summed E-state index contributed by atoms with van der Waals surface area (Å²) in [4.78, 5) is 11.8. The molecule has 1 rings (SSSR count). The molecule has 0 saturated heterocycles. The van der Waals surface area contributed by atoms with Crippen LogP contribution in [0.4, 0.5) is 8.78 Å². The van der Waals surface area contributed by atoms with Gasteiger partial charge in [0.25, 0.3) is 5.92 Å². The lowest BCUT2D eigenvalue weighted by molar-refractivity contribution is -0.190. The van der Waals surface area contributed by atoms with Gasteiger partial charge >= 0.3 is 5.97 Å². The van der Waals surface area contributed by atoms with Gasteiger partial charge in [0.2, 0.25) is 0 Å². The largest absolute Gasteiger partial charge is 0.468 e. The molecule has 1 unspecified atom stereocenters. The van der Waals surface area contributed by atoms with E-state index in [0.29, 0.717) is 12.8 Å². The smallest absolute Gasteiger partial charge is 0.319 e. The van der Waals surface area contributed by atoms with Crippen molar-refractivity contribution in [2.24, 2.45) is 17.1 Å². The number of rotatable bonds is 4. The third-order valence-electron chi connectivity index (χ3n) is 3.96. The third kappa shape index (κ3) is 2.44. The van der Waals surface area contributed by atoms with Crippen molar-refractivity contribution in [3.63, 3.8) is 0 Å². The Morgan fingerprint density at radius 1 is 1.35 bits per heavy atom. The Kier molecular flexibility index (Phi) is 4.47. The number of methoxy groups -OCH3 is 1. The first-order valence-corrected chi connectivity index (χ1v) is 6.06. The fourth-order valence-electron chi connectivity index (χ4n) is 2.91. The summed E-state index contributed by atoms with van der Waals surface area (Å²) in [7, 11) is 1.14. The normalized spacial score (nSPS) is 21.9. The molecule has 0 bridgehead atoms. The first-order valence-electron chi connectivity index (χ1n) is 6.06. The molecule has 0 aromatic carbocycles. The molecule has 1 saturated carbocycles. The first kappa shape index (κ1) is 14.4. The van der Waals surface area contributed by atoms with E-state index in [2.05, 4.69) is 4.74 Å². The summed E-state index contributed by atoms with van der Waals surface area (Å²) in [5.41, 5.74) is 3.66. The zero-order valence-corrected chi connectivity index (χ0v) is 10.5. The van der Waals surface area contributed by atoms with E-state index in [9.17, 15) is 13.6 Å². The van der Waals surface area contributed by atoms with Crippen LogP contribution in [0.25, 0.3) is 0 Å². The fourth-order valence-corrected chi connectivity index (χ4v) is 2.91. The number of carbonyl (C=O) groups is 1. The average molecular weight is 249 g/mol. The fraction of sp³-hybridized carbons (Fsp3) is 0.917. The molecule has 1 aliphatic carbocycles. The summed E-state index contributed by atoms with van der Waals surface area (Å²) < 4.78 is 32.4. The molecule has 1 atom stereocenters. The second-order valence-electron chi connectivity index (χ2n) is 4.89. The van der Waals surface area contributed by atoms with Crippen LogP contribution in [0.3, 0.4) is 0 Å². The highest BCUT2D eigenvalue weighted by molar-refractivity contribution is 5.78. The summed E-state index contributed by atoms with van der Waals surface area (Å²) in [5.74, 6) is -4.41. The van der Waals surface area contributed by atoms with Crippen molar-refractivity contribution in [2.75, 3.05) is 13.7 Å². The number of halogens is 2. The van der Waals surface area contributed by atoms with Crippen molar-refractivity contribution in [3.8, 4) is 0 Å². The highest BCUT2D eigenvalue weighted by Gasteiger charge is 2.60. The van der Waals surface area contributed by atoms with Crippen molar-refractivity contribution >= 4 is 5.97 Å². The van der Waals surface area contributed by atoms with E-state index in [4.69, 9.17) is 5.73 Å². The predicted octanol–water partition coefficient (Wildman–Crippen LogP) is 2.34. The van der Waals surface area contributed by atoms with E-state index >= 15 is 0 Å². The van der Waals surface area contributed by atoms with Gasteiger partial charge in [-0.15, -0.1) is 0 Å². The number of nitrogens with two attached hydrogens (primary N) is 1. The number of hydrogen-bond donors (Lipinski definition) is 1. The van der Waals surface area contributed by atoms with Crippen molar-refractivity contribution < 1.29 is 18.3 Å². The lowest BCUT2D eigenvalue weighted by Gasteiger charge is -2.42. The van der Waals surface area contributed by atoms with E-state index in [-0.39, 0.29) is 12.5 Å². The Morgan fingerprint density at radius 3 is 2.24 bits per heavy atom. The standard InChI is InChI=1S/C12H21F2NO2/c1-11(13,14)12(8-15,10(16)17-2)9-6-4-3-5-7-9/h9H,3-8,15H2,1-2H3. The van der Waals surface area contributed by atoms with Gasteiger partial charge in [0, 0.05) is 13.5 Å². The van der Waals surface area contributed by atoms with E-state index in [0.717, 1.165) is 33.3 Å². The van der Waals surface area contributed by atoms with Gasteiger partial charge in [-0.3, -0.25) is 4.79 Å². The molecule has 1 fully saturated rings. The number of carbonyl (C=O) groups excluding carboxylic acids is 1. The third-order valence-corrected chi connectivity index (χ3v) is 3.96. The highest BCUT2D eigenvalue weighted by atomic mass is 19.3. The number of alkyl halides is 2. The van der Waals surface area contributed by atoms with Gasteiger partial charge in [0.05, 0.1) is 7.11 Å². The molecule has 1 aliphatic rings. The van der Waals surface area contributed by atoms with Crippen LogP contribution < -0.4 is 5.73 Å². The first-order chi connectivity index (χ1) is 7.90. The molecule has 0 radical (unpaired) electrons. The second-order valence-corrected chi connectivity index (χ2v) is 4.89. The van der Waals surface area contributed by atoms with E-state index in [1.807, 2.05) is 0 Å². The van der Waals surface area contributed by atoms with Gasteiger partial charge in [0.1, 0.15) is 5.41 Å². The Balaban J connectivity index is 3.10. The molecular formula is C12H21F2NO2. The minimum atomic E-state index is -3.16. The van der Waals surface area contributed by atoms with Gasteiger partial charge in [-0.25, -0.2) is 8.78 Å². The SMILES string of the molecule is COC(=O)C(CN)(C1CCCCC1)C(C)(F)F. The van der Waals surface area contributed by atoms with Gasteiger partial charge in [0.15, 0.2) is 0 Å². The second kappa shape index (κ2) is 5.29. The van der Waals surface area contributed by atoms with Gasteiger partial charge < -0.3 is 10.5 Å². The predicted molar refractivity (Wildman–Crippen MR) is 60.7 cm³/mol. The molecule has 0 aromatic heterocycles. The van der Waals surface area contributed by atoms with Gasteiger partial charge in [-0.05, 0) is 18.8 Å². The molecule has 2 N–H and O–H groups in total. The average Bonchev–Trinajstić information content (AvgIpc) is 2.30. The molecule has 5 heteroatoms. The molecule has 3 nitrogen and oxygen atoms in total. The Hall–Kier alpha value is -0.710. The molecule has 0 aromatic rings. The summed E-state index contributed by atoms with van der Waals surface area (Å²) in [6.07, 6.45) is 4.03. The maximum absolute atomic E-state index is 13.9. The van der Waals surface area contributed by atoms with Crippen molar-refractivity contribution in [1.82, 2.24) is 0 Å². The van der Waals surface area contributed by atoms with Crippen molar-refractivity contribution in [3.05, 3.63) is 0 Å². The van der Waals surface area contributed by atoms with Gasteiger partial charge in [-0.1, -0.05) is 19.3 Å². The van der Waals surface area contributed by atoms with Crippen LogP contribution in [-0.4, -0.2) is 25.5 Å². The monoisotopic (exact) mass is 249 g/mol. The van der Waals surface area contributed by atoms with Crippen molar-refractivity contribution in [1.29, 1.82) is 0 Å². The molecular weight excluding hydrogens is 228 g/mol. The summed E-state index contributed by atoms with van der Waals surface area (Å²) in [5, 5.41) is 0. The maximum Gasteiger partial charge on any atom is 0.319 e. The molecule has 0 heterocycles. The lowest BCUT2D eigenvalue weighted by Crippen LogP contribution is -2.57. The molecule has 100 valence electrons. The van der Waals surface area contributed by atoms with E-state index < -0.39 is 17.3 Å². The Morgan fingerprint density at radius 2 is 1.88 bits per heavy atom. The lowest BCUT2D eigenvalue weighted by atomic mass is 9.65. The maximum atomic E-state index is 13.9. The van der Waals surface area contributed by atoms with Crippen LogP contribution >= 0.6 is 0 Å². The Labute approximate surface area is 101 Å². The van der Waals surface area contributed by atoms with Crippen molar-refractivity contribution in [2.45, 2.75) is 45.0 Å². The molecule has 0 aliphatic heterocycles. The molecule has 0 spiro atoms. The van der Waals surface area contributed by atoms with Crippen LogP contribution in [0.5, 0.6) is 0 Å². The minimum absolute atomic E-state index is 0.367. The minimum Gasteiger partial charge on any atom is -0.468 e. The topological polar surface area (TPSA) is 52.3 Å². The molecule has 17 heavy (non-hydrogen) atoms. The van der Waals surface area contributed by atoms with Gasteiger partial charge in [-0.2, -0.15) is 0 Å². The summed E-state index contributed by atoms with van der Waals surface area (Å²) in [6, 6.07) is 0. The van der Waals surface area contributed by atoms with Crippen LogP contribution in [0.1, 0.15) is 39.0 Å². The van der Waals surface area contributed by atoms with Crippen LogP contribution in [0, 0.1) is 11.3 Å². The number of hydrogen-bond acceptors (Lipinski definition) is 3. The summed E-state index contributed by atoms with van der Waals surface area (Å²) >= 11 is 0. The zero-order chi connectivity index (χ0) is 13.1. The zero-order valence-electron chi connectivity index (χ0n) is 10.5. The Bertz CT molecular complexity index is 272. The molecule has 0 amide bonds. The number of esters is 1. The van der Waals surface area contributed by atoms with E-state index in [1.54, 1.807) is 0 Å². The quantitative estimate of drug-likeness (QED) is 0.778. The van der Waals surface area contributed by atoms with Crippen LogP contribution in [0.15, 0.2) is 0 Å². The van der Waals surface area contributed by atoms with E-state index in [1.165, 1.54) is 0 Å². The highest BCUT2D eigenvalue weighted by Crippen LogP contribution is 2.48.